The van der Waals surface area contributed by atoms with Gasteiger partial charge in [-0.25, -0.2) is 0 Å². The van der Waals surface area contributed by atoms with Gasteiger partial charge in [-0.2, -0.15) is 0 Å². The molecule has 0 bridgehead atoms. The van der Waals surface area contributed by atoms with E-state index in [-0.39, 0.29) is 5.75 Å². The lowest BCUT2D eigenvalue weighted by Gasteiger charge is -2.36. The second kappa shape index (κ2) is 6.65. The highest BCUT2D eigenvalue weighted by Gasteiger charge is 2.29. The summed E-state index contributed by atoms with van der Waals surface area (Å²) in [5.74, 6) is 0.0522. The van der Waals surface area contributed by atoms with Crippen LogP contribution < -0.4 is 4.90 Å². The van der Waals surface area contributed by atoms with Crippen LogP contribution in [0.25, 0.3) is 10.8 Å². The van der Waals surface area contributed by atoms with Crippen LogP contribution in [-0.4, -0.2) is 73.6 Å². The topological polar surface area (TPSA) is 47.0 Å². The number of hydrogen-bond acceptors (Lipinski definition) is 5. The summed E-state index contributed by atoms with van der Waals surface area (Å²) < 4.78 is 0. The van der Waals surface area contributed by atoms with Gasteiger partial charge < -0.3 is 14.9 Å². The Morgan fingerprint density at radius 2 is 1.84 bits per heavy atom. The number of anilines is 1. The van der Waals surface area contributed by atoms with Crippen molar-refractivity contribution in [2.75, 3.05) is 51.2 Å². The largest absolute Gasteiger partial charge is 0.507 e. The molecule has 2 heterocycles. The number of rotatable bonds is 3. The molecular formula is C20H25N3O2. The van der Waals surface area contributed by atoms with E-state index in [1.54, 1.807) is 6.07 Å². The maximum Gasteiger partial charge on any atom is 0.154 e. The first-order chi connectivity index (χ1) is 12.2. The molecule has 0 amide bonds. The van der Waals surface area contributed by atoms with Gasteiger partial charge in [0.2, 0.25) is 0 Å². The van der Waals surface area contributed by atoms with Crippen LogP contribution in [0.5, 0.6) is 5.75 Å². The monoisotopic (exact) mass is 339 g/mol. The minimum absolute atomic E-state index is 0.0522. The van der Waals surface area contributed by atoms with Crippen LogP contribution in [0, 0.1) is 0 Å². The zero-order valence-corrected chi connectivity index (χ0v) is 14.7. The van der Waals surface area contributed by atoms with E-state index in [1.165, 1.54) is 6.42 Å². The molecular weight excluding hydrogens is 314 g/mol. The molecule has 2 aliphatic rings. The van der Waals surface area contributed by atoms with Gasteiger partial charge in [0.05, 0.1) is 5.56 Å². The number of piperazine rings is 1. The third-order valence-corrected chi connectivity index (χ3v) is 5.72. The molecule has 5 heteroatoms. The van der Waals surface area contributed by atoms with E-state index in [2.05, 4.69) is 27.8 Å². The molecule has 0 spiro atoms. The third-order valence-electron chi connectivity index (χ3n) is 5.72. The molecule has 132 valence electrons. The quantitative estimate of drug-likeness (QED) is 0.869. The van der Waals surface area contributed by atoms with Crippen molar-refractivity contribution in [3.05, 3.63) is 35.9 Å². The van der Waals surface area contributed by atoms with E-state index in [9.17, 15) is 9.90 Å². The van der Waals surface area contributed by atoms with Crippen molar-refractivity contribution >= 4 is 22.7 Å². The molecule has 2 fully saturated rings. The average molecular weight is 339 g/mol. The molecule has 25 heavy (non-hydrogen) atoms. The van der Waals surface area contributed by atoms with E-state index >= 15 is 0 Å². The fourth-order valence-corrected chi connectivity index (χ4v) is 4.10. The summed E-state index contributed by atoms with van der Waals surface area (Å²) in [6.45, 7) is 6.66. The third kappa shape index (κ3) is 3.10. The number of benzene rings is 2. The van der Waals surface area contributed by atoms with Crippen molar-refractivity contribution in [1.29, 1.82) is 0 Å². The predicted octanol–water partition coefficient (Wildman–Crippen LogP) is 2.18. The summed E-state index contributed by atoms with van der Waals surface area (Å²) in [4.78, 5) is 18.8. The maximum absolute atomic E-state index is 11.4. The molecule has 2 aliphatic heterocycles. The maximum atomic E-state index is 11.4. The van der Waals surface area contributed by atoms with E-state index in [1.807, 2.05) is 18.2 Å². The Bertz CT molecular complexity index is 784. The molecule has 1 unspecified atom stereocenters. The Morgan fingerprint density at radius 1 is 1.08 bits per heavy atom. The lowest BCUT2D eigenvalue weighted by Crippen LogP contribution is -2.49. The van der Waals surface area contributed by atoms with Crippen molar-refractivity contribution in [3.63, 3.8) is 0 Å². The van der Waals surface area contributed by atoms with Crippen LogP contribution in [0.3, 0.4) is 0 Å². The van der Waals surface area contributed by atoms with Crippen LogP contribution in [0.1, 0.15) is 16.8 Å². The minimum Gasteiger partial charge on any atom is -0.507 e. The van der Waals surface area contributed by atoms with Gasteiger partial charge in [0.15, 0.2) is 6.29 Å². The number of fused-ring (bicyclic) bond motifs is 1. The molecule has 2 saturated heterocycles. The van der Waals surface area contributed by atoms with Crippen molar-refractivity contribution in [3.8, 4) is 5.75 Å². The van der Waals surface area contributed by atoms with Gasteiger partial charge in [-0.3, -0.25) is 9.69 Å². The Hall–Kier alpha value is -2.11. The van der Waals surface area contributed by atoms with Crippen molar-refractivity contribution < 1.29 is 9.90 Å². The highest BCUT2D eigenvalue weighted by molar-refractivity contribution is 6.02. The van der Waals surface area contributed by atoms with E-state index in [4.69, 9.17) is 0 Å². The number of nitrogens with zero attached hydrogens (tertiary/aromatic N) is 3. The molecule has 0 radical (unpaired) electrons. The summed E-state index contributed by atoms with van der Waals surface area (Å²) in [7, 11) is 2.19. The number of phenolic OH excluding ortho intramolecular Hbond substituents is 1. The van der Waals surface area contributed by atoms with Gasteiger partial charge in [-0.15, -0.1) is 0 Å². The van der Waals surface area contributed by atoms with Crippen molar-refractivity contribution in [2.45, 2.75) is 12.5 Å². The Kier molecular flexibility index (Phi) is 4.36. The Morgan fingerprint density at radius 3 is 2.60 bits per heavy atom. The minimum atomic E-state index is 0.0522. The zero-order valence-electron chi connectivity index (χ0n) is 14.7. The van der Waals surface area contributed by atoms with Gasteiger partial charge in [0.1, 0.15) is 5.75 Å². The molecule has 0 aromatic heterocycles. The first-order valence-electron chi connectivity index (χ1n) is 9.04. The fourth-order valence-electron chi connectivity index (χ4n) is 4.10. The van der Waals surface area contributed by atoms with E-state index in [0.29, 0.717) is 11.6 Å². The van der Waals surface area contributed by atoms with Gasteiger partial charge in [0.25, 0.3) is 0 Å². The molecule has 0 aliphatic carbocycles. The number of aldehydes is 1. The summed E-state index contributed by atoms with van der Waals surface area (Å²) >= 11 is 0. The van der Waals surface area contributed by atoms with Gasteiger partial charge >= 0.3 is 0 Å². The smallest absolute Gasteiger partial charge is 0.154 e. The Balaban J connectivity index is 1.55. The summed E-state index contributed by atoms with van der Waals surface area (Å²) in [5.41, 5.74) is 1.52. The SMILES string of the molecule is CN1CCN(C2CCN(c3ccc4ccc(O)c(C=O)c4c3)C2)CC1. The molecule has 2 aromatic carbocycles. The van der Waals surface area contributed by atoms with E-state index < -0.39 is 0 Å². The number of carbonyl (C=O) groups excluding carboxylic acids is 1. The summed E-state index contributed by atoms with van der Waals surface area (Å²) in [6, 6.07) is 10.3. The molecule has 1 N–H and O–H groups in total. The lowest BCUT2D eigenvalue weighted by molar-refractivity contribution is 0.112. The predicted molar refractivity (Wildman–Crippen MR) is 101 cm³/mol. The summed E-state index contributed by atoms with van der Waals surface area (Å²) in [5, 5.41) is 11.8. The molecule has 1 atom stereocenters. The van der Waals surface area contributed by atoms with Crippen LogP contribution in [0.15, 0.2) is 30.3 Å². The summed E-state index contributed by atoms with van der Waals surface area (Å²) in [6.07, 6.45) is 1.93. The number of aromatic hydroxyl groups is 1. The highest BCUT2D eigenvalue weighted by atomic mass is 16.3. The lowest BCUT2D eigenvalue weighted by atomic mass is 10.0. The van der Waals surface area contributed by atoms with Gasteiger partial charge in [-0.1, -0.05) is 12.1 Å². The first-order valence-corrected chi connectivity index (χ1v) is 9.04. The second-order valence-corrected chi connectivity index (χ2v) is 7.25. The molecule has 5 nitrogen and oxygen atoms in total. The highest BCUT2D eigenvalue weighted by Crippen LogP contribution is 2.31. The molecule has 4 rings (SSSR count). The van der Waals surface area contributed by atoms with Gasteiger partial charge in [-0.05, 0) is 42.4 Å². The standard InChI is InChI=1S/C20H25N3O2/c1-21-8-10-22(11-9-21)17-6-7-23(13-17)16-4-2-15-3-5-20(25)19(14-24)18(15)12-16/h2-5,12,14,17,25H,6-11,13H2,1H3. The number of phenols is 1. The Labute approximate surface area is 148 Å². The number of likely N-dealkylation sites (N-methyl/N-ethyl adjacent to an activating group) is 1. The van der Waals surface area contributed by atoms with Crippen molar-refractivity contribution in [1.82, 2.24) is 9.80 Å². The second-order valence-electron chi connectivity index (χ2n) is 7.25. The van der Waals surface area contributed by atoms with Crippen LogP contribution >= 0.6 is 0 Å². The van der Waals surface area contributed by atoms with E-state index in [0.717, 1.165) is 62.0 Å². The van der Waals surface area contributed by atoms with Crippen molar-refractivity contribution in [2.24, 2.45) is 0 Å². The fraction of sp³-hybridized carbons (Fsp3) is 0.450. The zero-order chi connectivity index (χ0) is 17.4. The normalized spacial score (nSPS) is 22.6. The first kappa shape index (κ1) is 16.4. The van der Waals surface area contributed by atoms with Gasteiger partial charge in [0, 0.05) is 51.0 Å². The number of hydrogen-bond donors (Lipinski definition) is 1. The number of carbonyl (C=O) groups is 1. The van der Waals surface area contributed by atoms with Crippen LogP contribution in [0.4, 0.5) is 5.69 Å². The molecule has 2 aromatic rings. The molecule has 0 saturated carbocycles. The van der Waals surface area contributed by atoms with Crippen LogP contribution in [0.2, 0.25) is 0 Å². The average Bonchev–Trinajstić information content (AvgIpc) is 3.12. The van der Waals surface area contributed by atoms with Crippen LogP contribution in [-0.2, 0) is 0 Å².